The first-order valence-corrected chi connectivity index (χ1v) is 12.7. The Hall–Kier alpha value is -3.98. The number of thioether (sulfide) groups is 1. The highest BCUT2D eigenvalue weighted by Crippen LogP contribution is 2.36. The number of ether oxygens (including phenoxy) is 2. The van der Waals surface area contributed by atoms with Crippen molar-refractivity contribution in [2.45, 2.75) is 39.0 Å². The molecule has 8 nitrogen and oxygen atoms in total. The fourth-order valence-corrected chi connectivity index (χ4v) is 5.20. The van der Waals surface area contributed by atoms with E-state index in [4.69, 9.17) is 14.5 Å². The Morgan fingerprint density at radius 1 is 1.03 bits per heavy atom. The van der Waals surface area contributed by atoms with Crippen LogP contribution in [-0.4, -0.2) is 31.1 Å². The van der Waals surface area contributed by atoms with Crippen LogP contribution in [0.5, 0.6) is 23.0 Å². The Bertz CT molecular complexity index is 1530. The van der Waals surface area contributed by atoms with Crippen LogP contribution in [0.1, 0.15) is 28.1 Å². The summed E-state index contributed by atoms with van der Waals surface area (Å²) < 4.78 is 14.2. The first-order chi connectivity index (χ1) is 17.7. The van der Waals surface area contributed by atoms with Gasteiger partial charge in [0, 0.05) is 13.1 Å². The summed E-state index contributed by atoms with van der Waals surface area (Å²) in [4.78, 5) is 27.9. The number of hydrogen-bond donors (Lipinski definition) is 2. The molecule has 0 bridgehead atoms. The molecule has 1 aromatic heterocycles. The molecule has 1 fully saturated rings. The minimum atomic E-state index is -0.390. The van der Waals surface area contributed by atoms with Crippen molar-refractivity contribution >= 4 is 33.9 Å². The van der Waals surface area contributed by atoms with Crippen LogP contribution in [-0.2, 0) is 24.9 Å². The number of imide groups is 1. The molecule has 190 valence electrons. The van der Waals surface area contributed by atoms with E-state index in [0.717, 1.165) is 56.6 Å². The molecule has 1 atom stereocenters. The SMILES string of the molecule is Cc1cc(O)c(C)c(C)c1Oc1ccc2nc(COc3ccc(CC4SC(=O)NC4=O)cc3)n(C)c2c1. The van der Waals surface area contributed by atoms with Crippen LogP contribution in [0.3, 0.4) is 0 Å². The van der Waals surface area contributed by atoms with E-state index in [1.165, 1.54) is 0 Å². The molecule has 37 heavy (non-hydrogen) atoms. The van der Waals surface area contributed by atoms with Gasteiger partial charge in [-0.2, -0.15) is 0 Å². The third-order valence-electron chi connectivity index (χ3n) is 6.64. The Labute approximate surface area is 218 Å². The molecule has 3 aromatic carbocycles. The fourth-order valence-electron chi connectivity index (χ4n) is 4.34. The van der Waals surface area contributed by atoms with Crippen molar-refractivity contribution in [3.05, 3.63) is 76.6 Å². The number of aromatic hydroxyl groups is 1. The second kappa shape index (κ2) is 9.82. The largest absolute Gasteiger partial charge is 0.508 e. The van der Waals surface area contributed by atoms with E-state index in [-0.39, 0.29) is 28.8 Å². The first-order valence-electron chi connectivity index (χ1n) is 11.9. The normalized spacial score (nSPS) is 15.3. The van der Waals surface area contributed by atoms with Gasteiger partial charge in [-0.25, -0.2) is 4.98 Å². The number of imidazole rings is 1. The molecular weight excluding hydrogens is 490 g/mol. The van der Waals surface area contributed by atoms with E-state index >= 15 is 0 Å². The van der Waals surface area contributed by atoms with Crippen molar-refractivity contribution < 1.29 is 24.2 Å². The molecule has 0 saturated carbocycles. The third-order valence-corrected chi connectivity index (χ3v) is 7.62. The van der Waals surface area contributed by atoms with Gasteiger partial charge in [0.1, 0.15) is 35.4 Å². The molecular formula is C28H27N3O5S. The topological polar surface area (TPSA) is 103 Å². The van der Waals surface area contributed by atoms with Gasteiger partial charge >= 0.3 is 0 Å². The predicted molar refractivity (Wildman–Crippen MR) is 143 cm³/mol. The number of fused-ring (bicyclic) bond motifs is 1. The van der Waals surface area contributed by atoms with E-state index in [9.17, 15) is 14.7 Å². The van der Waals surface area contributed by atoms with Crippen LogP contribution in [0.2, 0.25) is 0 Å². The summed E-state index contributed by atoms with van der Waals surface area (Å²) in [6.45, 7) is 6.01. The van der Waals surface area contributed by atoms with Gasteiger partial charge in [0.2, 0.25) is 5.91 Å². The van der Waals surface area contributed by atoms with E-state index in [1.807, 2.05) is 74.9 Å². The van der Waals surface area contributed by atoms with Crippen LogP contribution in [0, 0.1) is 20.8 Å². The molecule has 5 rings (SSSR count). The van der Waals surface area contributed by atoms with Crippen LogP contribution in [0.15, 0.2) is 48.5 Å². The van der Waals surface area contributed by atoms with E-state index < -0.39 is 0 Å². The maximum atomic E-state index is 11.8. The third kappa shape index (κ3) is 4.99. The Balaban J connectivity index is 1.28. The number of hydrogen-bond acceptors (Lipinski definition) is 7. The molecule has 1 saturated heterocycles. The summed E-state index contributed by atoms with van der Waals surface area (Å²) in [5, 5.41) is 11.7. The number of phenols is 1. The standard InChI is InChI=1S/C28H27N3O5S/c1-15-11-23(32)16(2)17(3)26(15)36-20-9-10-21-22(13-20)31(4)25(29-21)14-35-19-7-5-18(6-8-19)12-24-27(33)30-28(34)37-24/h5-11,13,24,32H,12,14H2,1-4H3,(H,30,33,34). The van der Waals surface area contributed by atoms with Crippen molar-refractivity contribution in [1.82, 2.24) is 14.9 Å². The summed E-state index contributed by atoms with van der Waals surface area (Å²) >= 11 is 1.03. The molecule has 0 aliphatic carbocycles. The number of aryl methyl sites for hydroxylation is 2. The molecule has 0 spiro atoms. The zero-order valence-electron chi connectivity index (χ0n) is 21.0. The number of aromatic nitrogens is 2. The summed E-state index contributed by atoms with van der Waals surface area (Å²) in [6, 6.07) is 15.0. The van der Waals surface area contributed by atoms with Crippen molar-refractivity contribution in [2.24, 2.45) is 7.05 Å². The summed E-state index contributed by atoms with van der Waals surface area (Å²) in [5.74, 6) is 2.90. The lowest BCUT2D eigenvalue weighted by molar-refractivity contribution is -0.118. The Morgan fingerprint density at radius 2 is 1.76 bits per heavy atom. The number of amides is 2. The van der Waals surface area contributed by atoms with Gasteiger partial charge in [-0.05, 0) is 79.8 Å². The van der Waals surface area contributed by atoms with Crippen molar-refractivity contribution in [1.29, 1.82) is 0 Å². The highest BCUT2D eigenvalue weighted by atomic mass is 32.2. The van der Waals surface area contributed by atoms with Gasteiger partial charge in [0.15, 0.2) is 0 Å². The highest BCUT2D eigenvalue weighted by molar-refractivity contribution is 8.15. The molecule has 2 amide bonds. The molecule has 1 aliphatic rings. The predicted octanol–water partition coefficient (Wildman–Crippen LogP) is 5.47. The molecule has 4 aromatic rings. The Morgan fingerprint density at radius 3 is 2.46 bits per heavy atom. The van der Waals surface area contributed by atoms with Crippen molar-refractivity contribution in [3.8, 4) is 23.0 Å². The summed E-state index contributed by atoms with van der Waals surface area (Å²) in [5.41, 5.74) is 5.28. The maximum Gasteiger partial charge on any atom is 0.286 e. The van der Waals surface area contributed by atoms with Gasteiger partial charge in [0.25, 0.3) is 5.24 Å². The number of carbonyl (C=O) groups is 2. The smallest absolute Gasteiger partial charge is 0.286 e. The first kappa shape index (κ1) is 24.7. The molecule has 2 N–H and O–H groups in total. The highest BCUT2D eigenvalue weighted by Gasteiger charge is 2.31. The number of nitrogens with one attached hydrogen (secondary N) is 1. The second-order valence-corrected chi connectivity index (χ2v) is 10.3. The van der Waals surface area contributed by atoms with Crippen LogP contribution < -0.4 is 14.8 Å². The number of phenolic OH excluding ortho intramolecular Hbond substituents is 1. The number of carbonyl (C=O) groups excluding carboxylic acids is 2. The minimum Gasteiger partial charge on any atom is -0.508 e. The second-order valence-electron chi connectivity index (χ2n) is 9.15. The van der Waals surface area contributed by atoms with Crippen molar-refractivity contribution in [2.75, 3.05) is 0 Å². The molecule has 0 radical (unpaired) electrons. The lowest BCUT2D eigenvalue weighted by atomic mass is 10.0. The molecule has 1 unspecified atom stereocenters. The van der Waals surface area contributed by atoms with Crippen LogP contribution >= 0.6 is 11.8 Å². The summed E-state index contributed by atoms with van der Waals surface area (Å²) in [7, 11) is 1.94. The van der Waals surface area contributed by atoms with Gasteiger partial charge in [-0.3, -0.25) is 14.9 Å². The molecule has 1 aliphatic heterocycles. The van der Waals surface area contributed by atoms with E-state index in [0.29, 0.717) is 17.9 Å². The Kier molecular flexibility index (Phi) is 6.55. The van der Waals surface area contributed by atoms with Crippen molar-refractivity contribution in [3.63, 3.8) is 0 Å². The fraction of sp³-hybridized carbons (Fsp3) is 0.250. The van der Waals surface area contributed by atoms with Crippen LogP contribution in [0.4, 0.5) is 4.79 Å². The number of nitrogens with zero attached hydrogens (tertiary/aromatic N) is 2. The summed E-state index contributed by atoms with van der Waals surface area (Å²) in [6.07, 6.45) is 0.487. The lowest BCUT2D eigenvalue weighted by Gasteiger charge is -2.15. The minimum absolute atomic E-state index is 0.241. The van der Waals surface area contributed by atoms with Gasteiger partial charge in [-0.15, -0.1) is 0 Å². The van der Waals surface area contributed by atoms with E-state index in [1.54, 1.807) is 6.07 Å². The zero-order chi connectivity index (χ0) is 26.3. The maximum absolute atomic E-state index is 11.8. The zero-order valence-corrected chi connectivity index (χ0v) is 21.8. The average Bonchev–Trinajstić information content (AvgIpc) is 3.36. The average molecular weight is 518 g/mol. The lowest BCUT2D eigenvalue weighted by Crippen LogP contribution is -2.25. The van der Waals surface area contributed by atoms with Gasteiger partial charge < -0.3 is 19.1 Å². The molecule has 9 heteroatoms. The quantitative estimate of drug-likeness (QED) is 0.335. The van der Waals surface area contributed by atoms with E-state index in [2.05, 4.69) is 5.32 Å². The van der Waals surface area contributed by atoms with Crippen LogP contribution in [0.25, 0.3) is 11.0 Å². The molecule has 2 heterocycles. The number of benzene rings is 3. The monoisotopic (exact) mass is 517 g/mol. The van der Waals surface area contributed by atoms with Gasteiger partial charge in [0.05, 0.1) is 16.3 Å². The number of rotatable bonds is 7. The van der Waals surface area contributed by atoms with Gasteiger partial charge in [-0.1, -0.05) is 23.9 Å².